The summed E-state index contributed by atoms with van der Waals surface area (Å²) in [5.41, 5.74) is 6.61. The fourth-order valence-corrected chi connectivity index (χ4v) is 3.09. The van der Waals surface area contributed by atoms with Gasteiger partial charge in [-0.1, -0.05) is 0 Å². The number of anilines is 1. The minimum atomic E-state index is -3.32. The van der Waals surface area contributed by atoms with Crippen molar-refractivity contribution in [2.24, 2.45) is 5.73 Å². The van der Waals surface area contributed by atoms with Crippen LogP contribution in [0.3, 0.4) is 0 Å². The van der Waals surface area contributed by atoms with Crippen molar-refractivity contribution in [1.82, 2.24) is 0 Å². The van der Waals surface area contributed by atoms with Gasteiger partial charge in [0.15, 0.2) is 6.10 Å². The molecule has 1 aromatic carbocycles. The van der Waals surface area contributed by atoms with Crippen molar-refractivity contribution >= 4 is 27.6 Å². The molecule has 0 bridgehead atoms. The molecule has 114 valence electrons. The number of primary amides is 1. The highest BCUT2D eigenvalue weighted by atomic mass is 32.2. The second-order valence-electron chi connectivity index (χ2n) is 4.88. The Kier molecular flexibility index (Phi) is 3.91. The Hall–Kier alpha value is -2.09. The van der Waals surface area contributed by atoms with Crippen molar-refractivity contribution in [3.63, 3.8) is 0 Å². The summed E-state index contributed by atoms with van der Waals surface area (Å²) in [5, 5.41) is 0. The van der Waals surface area contributed by atoms with Gasteiger partial charge in [0, 0.05) is 6.54 Å². The second kappa shape index (κ2) is 5.36. The van der Waals surface area contributed by atoms with E-state index < -0.39 is 28.0 Å². The molecular formula is C13H16N2O5S. The van der Waals surface area contributed by atoms with Crippen LogP contribution >= 0.6 is 0 Å². The highest BCUT2D eigenvalue weighted by molar-refractivity contribution is 7.92. The topological polar surface area (TPSA) is 107 Å². The lowest BCUT2D eigenvalue weighted by Crippen LogP contribution is -2.30. The molecule has 1 aromatic rings. The van der Waals surface area contributed by atoms with Crippen LogP contribution in [0.1, 0.15) is 22.8 Å². The van der Waals surface area contributed by atoms with Gasteiger partial charge in [0.05, 0.1) is 17.5 Å². The van der Waals surface area contributed by atoms with Gasteiger partial charge in [-0.15, -0.1) is 0 Å². The minimum Gasteiger partial charge on any atom is -0.449 e. The van der Waals surface area contributed by atoms with Gasteiger partial charge in [0.1, 0.15) is 0 Å². The van der Waals surface area contributed by atoms with Crippen LogP contribution < -0.4 is 10.0 Å². The summed E-state index contributed by atoms with van der Waals surface area (Å²) in [6.45, 7) is 1.74. The first-order valence-corrected chi connectivity index (χ1v) is 8.16. The number of amides is 1. The summed E-state index contributed by atoms with van der Waals surface area (Å²) in [5.74, 6) is -1.39. The third-order valence-electron chi connectivity index (χ3n) is 3.25. The first kappa shape index (κ1) is 15.3. The third-order valence-corrected chi connectivity index (χ3v) is 4.43. The zero-order valence-corrected chi connectivity index (χ0v) is 12.5. The van der Waals surface area contributed by atoms with E-state index in [1.807, 2.05) is 0 Å². The summed E-state index contributed by atoms with van der Waals surface area (Å²) in [7, 11) is -3.32. The van der Waals surface area contributed by atoms with E-state index >= 15 is 0 Å². The van der Waals surface area contributed by atoms with Gasteiger partial charge in [-0.3, -0.25) is 9.10 Å². The maximum atomic E-state index is 11.9. The van der Waals surface area contributed by atoms with Crippen LogP contribution in [-0.4, -0.2) is 39.2 Å². The van der Waals surface area contributed by atoms with Gasteiger partial charge in [0.25, 0.3) is 5.91 Å². The van der Waals surface area contributed by atoms with Crippen molar-refractivity contribution in [3.8, 4) is 0 Å². The van der Waals surface area contributed by atoms with Gasteiger partial charge in [-0.25, -0.2) is 13.2 Å². The molecule has 8 heteroatoms. The van der Waals surface area contributed by atoms with Crippen molar-refractivity contribution in [3.05, 3.63) is 29.3 Å². The molecular weight excluding hydrogens is 296 g/mol. The largest absolute Gasteiger partial charge is 0.449 e. The number of carbonyl (C=O) groups excluding carboxylic acids is 2. The number of benzene rings is 1. The summed E-state index contributed by atoms with van der Waals surface area (Å²) >= 11 is 0. The van der Waals surface area contributed by atoms with E-state index in [1.165, 1.54) is 17.3 Å². The van der Waals surface area contributed by atoms with Crippen LogP contribution in [0.4, 0.5) is 5.69 Å². The Balaban J connectivity index is 2.24. The molecule has 21 heavy (non-hydrogen) atoms. The lowest BCUT2D eigenvalue weighted by Gasteiger charge is -2.16. The number of nitrogens with two attached hydrogens (primary N) is 1. The standard InChI is InChI=1S/C13H16N2O5S/c1-8(12(14)16)20-13(17)10-3-4-11-9(7-10)5-6-15(11)21(2,18)19/h3-4,7-8H,5-6H2,1-2H3,(H2,14,16)/t8-/m0/s1. The van der Waals surface area contributed by atoms with Crippen LogP contribution in [-0.2, 0) is 26.0 Å². The third kappa shape index (κ3) is 3.15. The first-order chi connectivity index (χ1) is 9.70. The van der Waals surface area contributed by atoms with Crippen molar-refractivity contribution in [1.29, 1.82) is 0 Å². The average Bonchev–Trinajstić information content (AvgIpc) is 2.80. The van der Waals surface area contributed by atoms with Crippen LogP contribution in [0, 0.1) is 0 Å². The fraction of sp³-hybridized carbons (Fsp3) is 0.385. The molecule has 1 aliphatic rings. The lowest BCUT2D eigenvalue weighted by atomic mass is 10.1. The number of hydrogen-bond acceptors (Lipinski definition) is 5. The minimum absolute atomic E-state index is 0.261. The Morgan fingerprint density at radius 3 is 2.62 bits per heavy atom. The van der Waals surface area contributed by atoms with E-state index in [4.69, 9.17) is 10.5 Å². The van der Waals surface area contributed by atoms with E-state index in [9.17, 15) is 18.0 Å². The van der Waals surface area contributed by atoms with E-state index in [1.54, 1.807) is 12.1 Å². The van der Waals surface area contributed by atoms with Crippen LogP contribution in [0.2, 0.25) is 0 Å². The molecule has 0 saturated heterocycles. The predicted octanol–water partition coefficient (Wildman–Crippen LogP) is 0.0393. The Morgan fingerprint density at radius 1 is 1.38 bits per heavy atom. The number of carbonyl (C=O) groups is 2. The maximum Gasteiger partial charge on any atom is 0.338 e. The number of nitrogens with zero attached hydrogens (tertiary/aromatic N) is 1. The summed E-state index contributed by atoms with van der Waals surface area (Å²) in [4.78, 5) is 22.8. The van der Waals surface area contributed by atoms with E-state index in [0.717, 1.165) is 11.8 Å². The Morgan fingerprint density at radius 2 is 2.05 bits per heavy atom. The Bertz CT molecular complexity index is 699. The van der Waals surface area contributed by atoms with Crippen LogP contribution in [0.25, 0.3) is 0 Å². The maximum absolute atomic E-state index is 11.9. The monoisotopic (exact) mass is 312 g/mol. The number of esters is 1. The molecule has 2 N–H and O–H groups in total. The summed E-state index contributed by atoms with van der Waals surface area (Å²) < 4.78 is 29.4. The first-order valence-electron chi connectivity index (χ1n) is 6.31. The smallest absolute Gasteiger partial charge is 0.338 e. The zero-order chi connectivity index (χ0) is 15.8. The summed E-state index contributed by atoms with van der Waals surface area (Å²) in [6, 6.07) is 4.61. The summed E-state index contributed by atoms with van der Waals surface area (Å²) in [6.07, 6.45) is 0.645. The van der Waals surface area contributed by atoms with Gasteiger partial charge in [-0.05, 0) is 37.1 Å². The normalized spacial score (nSPS) is 15.4. The van der Waals surface area contributed by atoms with Crippen LogP contribution in [0.5, 0.6) is 0 Å². The lowest BCUT2D eigenvalue weighted by molar-refractivity contribution is -0.125. The molecule has 2 rings (SSSR count). The molecule has 1 amide bonds. The highest BCUT2D eigenvalue weighted by Crippen LogP contribution is 2.30. The molecule has 0 aliphatic carbocycles. The van der Waals surface area contributed by atoms with Gasteiger partial charge >= 0.3 is 5.97 Å². The number of ether oxygens (including phenoxy) is 1. The van der Waals surface area contributed by atoms with Crippen LogP contribution in [0.15, 0.2) is 18.2 Å². The van der Waals surface area contributed by atoms with Gasteiger partial charge in [-0.2, -0.15) is 0 Å². The molecule has 0 unspecified atom stereocenters. The number of hydrogen-bond donors (Lipinski definition) is 1. The SMILES string of the molecule is C[C@H](OC(=O)c1ccc2c(c1)CCN2S(C)(=O)=O)C(N)=O. The number of rotatable bonds is 4. The van der Waals surface area contributed by atoms with Crippen molar-refractivity contribution in [2.75, 3.05) is 17.1 Å². The molecule has 1 atom stereocenters. The molecule has 0 aromatic heterocycles. The predicted molar refractivity (Wildman–Crippen MR) is 76.4 cm³/mol. The molecule has 7 nitrogen and oxygen atoms in total. The van der Waals surface area contributed by atoms with E-state index in [-0.39, 0.29) is 5.56 Å². The molecule has 1 heterocycles. The van der Waals surface area contributed by atoms with Crippen molar-refractivity contribution in [2.45, 2.75) is 19.4 Å². The molecule has 0 fully saturated rings. The molecule has 0 saturated carbocycles. The van der Waals surface area contributed by atoms with Crippen molar-refractivity contribution < 1.29 is 22.7 Å². The van der Waals surface area contributed by atoms with E-state index in [2.05, 4.69) is 0 Å². The highest BCUT2D eigenvalue weighted by Gasteiger charge is 2.27. The Labute approximate surface area is 122 Å². The zero-order valence-electron chi connectivity index (χ0n) is 11.7. The molecule has 0 radical (unpaired) electrons. The second-order valence-corrected chi connectivity index (χ2v) is 6.79. The average molecular weight is 312 g/mol. The molecule has 1 aliphatic heterocycles. The number of sulfonamides is 1. The molecule has 0 spiro atoms. The quantitative estimate of drug-likeness (QED) is 0.790. The fourth-order valence-electron chi connectivity index (χ4n) is 2.13. The number of fused-ring (bicyclic) bond motifs is 1. The van der Waals surface area contributed by atoms with E-state index in [0.29, 0.717) is 18.7 Å². The van der Waals surface area contributed by atoms with Gasteiger partial charge in [0.2, 0.25) is 10.0 Å². The van der Waals surface area contributed by atoms with Gasteiger partial charge < -0.3 is 10.5 Å².